The lowest BCUT2D eigenvalue weighted by molar-refractivity contribution is -0.131. The van der Waals surface area contributed by atoms with Gasteiger partial charge in [0.15, 0.2) is 0 Å². The molecular weight excluding hydrogens is 290 g/mol. The Kier molecular flexibility index (Phi) is 4.28. The summed E-state index contributed by atoms with van der Waals surface area (Å²) in [6, 6.07) is 15.5. The Bertz CT molecular complexity index is 826. The first-order valence-corrected chi connectivity index (χ1v) is 7.45. The van der Waals surface area contributed by atoms with Crippen LogP contribution in [0, 0.1) is 0 Å². The first kappa shape index (κ1) is 15.1. The third-order valence-corrected chi connectivity index (χ3v) is 3.86. The predicted octanol–water partition coefficient (Wildman–Crippen LogP) is 2.70. The van der Waals surface area contributed by atoms with E-state index in [0.717, 1.165) is 22.3 Å². The quantitative estimate of drug-likeness (QED) is 0.728. The molecule has 23 heavy (non-hydrogen) atoms. The molecule has 0 aliphatic heterocycles. The minimum atomic E-state index is 0.0269. The number of likely N-dealkylation sites (N-methyl/N-ethyl adjacent to an activating group) is 1. The number of hydrogen-bond donors (Lipinski definition) is 0. The normalized spacial score (nSPS) is 10.7. The van der Waals surface area contributed by atoms with Gasteiger partial charge in [-0.25, -0.2) is 4.98 Å². The van der Waals surface area contributed by atoms with Gasteiger partial charge in [-0.05, 0) is 18.2 Å². The molecule has 3 aromatic rings. The molecule has 0 saturated heterocycles. The highest BCUT2D eigenvalue weighted by Gasteiger charge is 2.13. The van der Waals surface area contributed by atoms with Crippen molar-refractivity contribution < 1.29 is 9.53 Å². The molecule has 3 rings (SSSR count). The van der Waals surface area contributed by atoms with Crippen LogP contribution in [-0.2, 0) is 17.9 Å². The number of hydrogen-bond acceptors (Lipinski definition) is 3. The Balaban J connectivity index is 1.73. The molecule has 1 amide bonds. The maximum atomic E-state index is 12.5. The van der Waals surface area contributed by atoms with E-state index in [4.69, 9.17) is 4.74 Å². The molecule has 0 atom stereocenters. The summed E-state index contributed by atoms with van der Waals surface area (Å²) < 4.78 is 7.21. The zero-order valence-electron chi connectivity index (χ0n) is 13.3. The van der Waals surface area contributed by atoms with Gasteiger partial charge in [-0.3, -0.25) is 4.79 Å². The van der Waals surface area contributed by atoms with Crippen LogP contribution < -0.4 is 4.74 Å². The highest BCUT2D eigenvalue weighted by Crippen LogP contribution is 2.19. The molecule has 0 spiro atoms. The number of methoxy groups -OCH3 is 1. The van der Waals surface area contributed by atoms with Gasteiger partial charge in [-0.15, -0.1) is 0 Å². The lowest BCUT2D eigenvalue weighted by Crippen LogP contribution is -2.29. The van der Waals surface area contributed by atoms with Gasteiger partial charge in [-0.1, -0.05) is 30.3 Å². The van der Waals surface area contributed by atoms with Gasteiger partial charge < -0.3 is 14.2 Å². The van der Waals surface area contributed by atoms with Gasteiger partial charge in [0.2, 0.25) is 5.91 Å². The Hall–Kier alpha value is -2.82. The van der Waals surface area contributed by atoms with Crippen molar-refractivity contribution in [1.29, 1.82) is 0 Å². The fourth-order valence-corrected chi connectivity index (χ4v) is 2.58. The molecule has 118 valence electrons. The molecule has 0 bridgehead atoms. The fraction of sp³-hybridized carbons (Fsp3) is 0.222. The van der Waals surface area contributed by atoms with E-state index in [2.05, 4.69) is 4.98 Å². The Morgan fingerprint density at radius 1 is 1.17 bits per heavy atom. The van der Waals surface area contributed by atoms with Gasteiger partial charge >= 0.3 is 0 Å². The van der Waals surface area contributed by atoms with Crippen LogP contribution in [-0.4, -0.2) is 34.5 Å². The van der Waals surface area contributed by atoms with E-state index in [0.29, 0.717) is 6.54 Å². The van der Waals surface area contributed by atoms with Gasteiger partial charge in [0.1, 0.15) is 12.3 Å². The first-order valence-electron chi connectivity index (χ1n) is 7.45. The topological polar surface area (TPSA) is 47.4 Å². The fourth-order valence-electron chi connectivity index (χ4n) is 2.58. The van der Waals surface area contributed by atoms with E-state index >= 15 is 0 Å². The molecule has 5 heteroatoms. The van der Waals surface area contributed by atoms with Crippen molar-refractivity contribution in [3.05, 3.63) is 60.4 Å². The van der Waals surface area contributed by atoms with E-state index in [1.165, 1.54) is 0 Å². The number of nitrogens with zero attached hydrogens (tertiary/aromatic N) is 3. The Labute approximate surface area is 135 Å². The number of para-hydroxylation sites is 3. The Morgan fingerprint density at radius 2 is 1.91 bits per heavy atom. The molecular formula is C18H19N3O2. The second-order valence-electron chi connectivity index (χ2n) is 5.42. The second-order valence-corrected chi connectivity index (χ2v) is 5.42. The smallest absolute Gasteiger partial charge is 0.242 e. The number of benzene rings is 2. The molecule has 0 saturated carbocycles. The molecule has 0 aliphatic rings. The molecule has 1 heterocycles. The van der Waals surface area contributed by atoms with Crippen LogP contribution in [0.4, 0.5) is 0 Å². The summed E-state index contributed by atoms with van der Waals surface area (Å²) in [6.07, 6.45) is 1.71. The molecule has 0 N–H and O–H groups in total. The highest BCUT2D eigenvalue weighted by molar-refractivity contribution is 5.80. The van der Waals surface area contributed by atoms with Crippen molar-refractivity contribution in [1.82, 2.24) is 14.5 Å². The maximum absolute atomic E-state index is 12.5. The standard InChI is InChI=1S/C18H19N3O2/c1-20(11-14-7-3-6-10-17(14)23-2)18(22)12-21-13-19-15-8-4-5-9-16(15)21/h3-10,13H,11-12H2,1-2H3. The number of fused-ring (bicyclic) bond motifs is 1. The van der Waals surface area contributed by atoms with Gasteiger partial charge in [-0.2, -0.15) is 0 Å². The molecule has 0 aliphatic carbocycles. The van der Waals surface area contributed by atoms with Crippen molar-refractivity contribution in [2.24, 2.45) is 0 Å². The van der Waals surface area contributed by atoms with Crippen molar-refractivity contribution in [2.45, 2.75) is 13.1 Å². The van der Waals surface area contributed by atoms with Crippen LogP contribution in [0.5, 0.6) is 5.75 Å². The Morgan fingerprint density at radius 3 is 2.74 bits per heavy atom. The van der Waals surface area contributed by atoms with Crippen molar-refractivity contribution in [2.75, 3.05) is 14.2 Å². The van der Waals surface area contributed by atoms with Crippen LogP contribution in [0.15, 0.2) is 54.9 Å². The van der Waals surface area contributed by atoms with Crippen LogP contribution in [0.1, 0.15) is 5.56 Å². The number of ether oxygens (including phenoxy) is 1. The summed E-state index contributed by atoms with van der Waals surface area (Å²) in [5, 5.41) is 0. The third kappa shape index (κ3) is 3.18. The minimum absolute atomic E-state index is 0.0269. The summed E-state index contributed by atoms with van der Waals surface area (Å²) in [5.41, 5.74) is 2.85. The second kappa shape index (κ2) is 6.52. The van der Waals surface area contributed by atoms with E-state index < -0.39 is 0 Å². The van der Waals surface area contributed by atoms with E-state index in [1.54, 1.807) is 25.4 Å². The summed E-state index contributed by atoms with van der Waals surface area (Å²) in [4.78, 5) is 18.5. The zero-order chi connectivity index (χ0) is 16.2. The van der Waals surface area contributed by atoms with Crippen LogP contribution >= 0.6 is 0 Å². The van der Waals surface area contributed by atoms with Crippen molar-refractivity contribution in [3.8, 4) is 5.75 Å². The molecule has 0 fully saturated rings. The zero-order valence-corrected chi connectivity index (χ0v) is 13.3. The summed E-state index contributed by atoms with van der Waals surface area (Å²) >= 11 is 0. The summed E-state index contributed by atoms with van der Waals surface area (Å²) in [6.45, 7) is 0.779. The summed E-state index contributed by atoms with van der Waals surface area (Å²) in [7, 11) is 3.44. The predicted molar refractivity (Wildman–Crippen MR) is 89.2 cm³/mol. The van der Waals surface area contributed by atoms with Gasteiger partial charge in [0.25, 0.3) is 0 Å². The highest BCUT2D eigenvalue weighted by atomic mass is 16.5. The lowest BCUT2D eigenvalue weighted by Gasteiger charge is -2.19. The largest absolute Gasteiger partial charge is 0.496 e. The number of rotatable bonds is 5. The number of aromatic nitrogens is 2. The number of imidazole rings is 1. The third-order valence-electron chi connectivity index (χ3n) is 3.86. The van der Waals surface area contributed by atoms with Crippen molar-refractivity contribution in [3.63, 3.8) is 0 Å². The average Bonchev–Trinajstić information content (AvgIpc) is 2.98. The number of carbonyl (C=O) groups excluding carboxylic acids is 1. The summed E-state index contributed by atoms with van der Waals surface area (Å²) in [5.74, 6) is 0.819. The van der Waals surface area contributed by atoms with Crippen LogP contribution in [0.2, 0.25) is 0 Å². The molecule has 1 aromatic heterocycles. The molecule has 0 unspecified atom stereocenters. The minimum Gasteiger partial charge on any atom is -0.496 e. The number of carbonyl (C=O) groups is 1. The van der Waals surface area contributed by atoms with Gasteiger partial charge in [0.05, 0.1) is 24.5 Å². The maximum Gasteiger partial charge on any atom is 0.242 e. The van der Waals surface area contributed by atoms with E-state index in [9.17, 15) is 4.79 Å². The molecule has 0 radical (unpaired) electrons. The van der Waals surface area contributed by atoms with Crippen molar-refractivity contribution >= 4 is 16.9 Å². The lowest BCUT2D eigenvalue weighted by atomic mass is 10.2. The SMILES string of the molecule is COc1ccccc1CN(C)C(=O)Cn1cnc2ccccc21. The van der Waals surface area contributed by atoms with Crippen LogP contribution in [0.3, 0.4) is 0 Å². The van der Waals surface area contributed by atoms with Crippen LogP contribution in [0.25, 0.3) is 11.0 Å². The van der Waals surface area contributed by atoms with E-state index in [-0.39, 0.29) is 12.5 Å². The average molecular weight is 309 g/mol. The molecule has 2 aromatic carbocycles. The van der Waals surface area contributed by atoms with Gasteiger partial charge in [0, 0.05) is 19.2 Å². The van der Waals surface area contributed by atoms with E-state index in [1.807, 2.05) is 53.1 Å². The molecule has 5 nitrogen and oxygen atoms in total. The number of amides is 1. The monoisotopic (exact) mass is 309 g/mol. The first-order chi connectivity index (χ1) is 11.2.